The summed E-state index contributed by atoms with van der Waals surface area (Å²) < 4.78 is 4.37. The van der Waals surface area contributed by atoms with Gasteiger partial charge < -0.3 is 15.8 Å². The summed E-state index contributed by atoms with van der Waals surface area (Å²) in [5.74, 6) is 0. The summed E-state index contributed by atoms with van der Waals surface area (Å²) in [5, 5.41) is 2.49. The largest absolute Gasteiger partial charge is 0.453 e. The van der Waals surface area contributed by atoms with Crippen LogP contribution in [0.25, 0.3) is 0 Å². The van der Waals surface area contributed by atoms with Gasteiger partial charge >= 0.3 is 6.09 Å². The van der Waals surface area contributed by atoms with Crippen molar-refractivity contribution >= 4 is 23.3 Å². The quantitative estimate of drug-likeness (QED) is 0.611. The van der Waals surface area contributed by atoms with Crippen molar-refractivity contribution in [2.75, 3.05) is 7.11 Å². The molecule has 11 heavy (non-hydrogen) atoms. The van der Waals surface area contributed by atoms with Crippen LogP contribution >= 0.6 is 12.2 Å². The average molecular weight is 176 g/mol. The van der Waals surface area contributed by atoms with Gasteiger partial charge in [-0.2, -0.15) is 0 Å². The number of nitrogens with one attached hydrogen (secondary N) is 1. The van der Waals surface area contributed by atoms with E-state index in [9.17, 15) is 4.79 Å². The molecule has 0 aromatic heterocycles. The molecule has 1 unspecified atom stereocenters. The highest BCUT2D eigenvalue weighted by Crippen LogP contribution is 1.91. The molecule has 0 radical (unpaired) electrons. The third-order valence-corrected chi connectivity index (χ3v) is 1.51. The van der Waals surface area contributed by atoms with E-state index < -0.39 is 6.09 Å². The Labute approximate surface area is 71.1 Å². The lowest BCUT2D eigenvalue weighted by atomic mass is 10.2. The van der Waals surface area contributed by atoms with Gasteiger partial charge in [0, 0.05) is 0 Å². The van der Waals surface area contributed by atoms with Gasteiger partial charge in [0.05, 0.1) is 18.1 Å². The second-order valence-electron chi connectivity index (χ2n) is 2.00. The highest BCUT2D eigenvalue weighted by Gasteiger charge is 2.11. The predicted molar refractivity (Wildman–Crippen MR) is 46.4 cm³/mol. The van der Waals surface area contributed by atoms with Crippen LogP contribution in [0, 0.1) is 0 Å². The Kier molecular flexibility index (Phi) is 4.52. The van der Waals surface area contributed by atoms with E-state index in [0.29, 0.717) is 6.42 Å². The van der Waals surface area contributed by atoms with Crippen LogP contribution in [0.5, 0.6) is 0 Å². The fourth-order valence-corrected chi connectivity index (χ4v) is 0.801. The van der Waals surface area contributed by atoms with Crippen LogP contribution in [-0.2, 0) is 4.74 Å². The summed E-state index contributed by atoms with van der Waals surface area (Å²) in [6.45, 7) is 1.87. The van der Waals surface area contributed by atoms with E-state index in [0.717, 1.165) is 0 Å². The van der Waals surface area contributed by atoms with E-state index in [1.54, 1.807) is 0 Å². The maximum atomic E-state index is 10.6. The summed E-state index contributed by atoms with van der Waals surface area (Å²) in [5.41, 5.74) is 5.31. The molecule has 0 fully saturated rings. The highest BCUT2D eigenvalue weighted by molar-refractivity contribution is 7.80. The summed E-state index contributed by atoms with van der Waals surface area (Å²) in [6.07, 6.45) is 0.161. The van der Waals surface area contributed by atoms with Crippen LogP contribution in [0.15, 0.2) is 0 Å². The van der Waals surface area contributed by atoms with Crippen LogP contribution < -0.4 is 11.1 Å². The van der Waals surface area contributed by atoms with Crippen molar-refractivity contribution < 1.29 is 9.53 Å². The Morgan fingerprint density at radius 1 is 1.82 bits per heavy atom. The highest BCUT2D eigenvalue weighted by atomic mass is 32.1. The van der Waals surface area contributed by atoms with E-state index in [1.807, 2.05) is 6.92 Å². The molecule has 0 aromatic carbocycles. The van der Waals surface area contributed by atoms with E-state index in [1.165, 1.54) is 7.11 Å². The summed E-state index contributed by atoms with van der Waals surface area (Å²) in [7, 11) is 1.29. The molecule has 1 amide bonds. The van der Waals surface area contributed by atoms with Crippen molar-refractivity contribution in [3.05, 3.63) is 0 Å². The number of alkyl carbamates (subject to hydrolysis) is 1. The molecule has 64 valence electrons. The number of methoxy groups -OCH3 is 1. The van der Waals surface area contributed by atoms with E-state index >= 15 is 0 Å². The van der Waals surface area contributed by atoms with Gasteiger partial charge in [-0.05, 0) is 6.42 Å². The lowest BCUT2D eigenvalue weighted by Crippen LogP contribution is -2.42. The first-order chi connectivity index (χ1) is 5.11. The fourth-order valence-electron chi connectivity index (χ4n) is 0.576. The standard InChI is InChI=1S/C6H12N2O2S/c1-3-4(5(7)11)8-6(9)10-2/h4H,3H2,1-2H3,(H2,7,11)(H,8,9). The number of rotatable bonds is 3. The van der Waals surface area contributed by atoms with E-state index in [4.69, 9.17) is 5.73 Å². The lowest BCUT2D eigenvalue weighted by Gasteiger charge is -2.13. The molecule has 0 bridgehead atoms. The monoisotopic (exact) mass is 176 g/mol. The Bertz CT molecular complexity index is 161. The molecule has 0 spiro atoms. The number of hydrogen-bond donors (Lipinski definition) is 2. The number of nitrogens with two attached hydrogens (primary N) is 1. The number of amides is 1. The van der Waals surface area contributed by atoms with Gasteiger partial charge in [0.2, 0.25) is 0 Å². The van der Waals surface area contributed by atoms with Crippen molar-refractivity contribution in [3.8, 4) is 0 Å². The van der Waals surface area contributed by atoms with Gasteiger partial charge in [-0.3, -0.25) is 0 Å². The molecule has 0 aliphatic rings. The molecule has 0 aromatic rings. The number of hydrogen-bond acceptors (Lipinski definition) is 3. The van der Waals surface area contributed by atoms with E-state index in [2.05, 4.69) is 22.3 Å². The Hall–Kier alpha value is -0.840. The zero-order valence-electron chi connectivity index (χ0n) is 6.59. The molecule has 0 saturated carbocycles. The Balaban J connectivity index is 3.88. The lowest BCUT2D eigenvalue weighted by molar-refractivity contribution is 0.169. The van der Waals surface area contributed by atoms with Gasteiger partial charge in [-0.1, -0.05) is 19.1 Å². The van der Waals surface area contributed by atoms with Crippen LogP contribution in [0.3, 0.4) is 0 Å². The minimum absolute atomic E-state index is 0.266. The topological polar surface area (TPSA) is 64.3 Å². The summed E-state index contributed by atoms with van der Waals surface area (Å²) >= 11 is 4.69. The minimum Gasteiger partial charge on any atom is -0.453 e. The Morgan fingerprint density at radius 3 is 2.64 bits per heavy atom. The van der Waals surface area contributed by atoms with Crippen LogP contribution in [0.4, 0.5) is 4.79 Å². The molecular formula is C6H12N2O2S. The van der Waals surface area contributed by atoms with Gasteiger partial charge in [-0.25, -0.2) is 4.79 Å². The van der Waals surface area contributed by atoms with Crippen molar-refractivity contribution in [1.29, 1.82) is 0 Å². The number of carbonyl (C=O) groups excluding carboxylic acids is 1. The smallest absolute Gasteiger partial charge is 0.407 e. The number of ether oxygens (including phenoxy) is 1. The predicted octanol–water partition coefficient (Wildman–Crippen LogP) is 0.407. The number of carbonyl (C=O) groups is 1. The van der Waals surface area contributed by atoms with Crippen molar-refractivity contribution in [2.45, 2.75) is 19.4 Å². The maximum absolute atomic E-state index is 10.6. The first-order valence-electron chi connectivity index (χ1n) is 3.25. The third-order valence-electron chi connectivity index (χ3n) is 1.23. The Morgan fingerprint density at radius 2 is 2.36 bits per heavy atom. The third kappa shape index (κ3) is 3.77. The zero-order valence-corrected chi connectivity index (χ0v) is 7.40. The van der Waals surface area contributed by atoms with Crippen molar-refractivity contribution in [3.63, 3.8) is 0 Å². The maximum Gasteiger partial charge on any atom is 0.407 e. The first kappa shape index (κ1) is 10.2. The fraction of sp³-hybridized carbons (Fsp3) is 0.667. The van der Waals surface area contributed by atoms with Crippen molar-refractivity contribution in [2.24, 2.45) is 5.73 Å². The molecule has 0 rings (SSSR count). The second-order valence-corrected chi connectivity index (χ2v) is 2.47. The number of thiocarbonyl (C=S) groups is 1. The van der Waals surface area contributed by atoms with E-state index in [-0.39, 0.29) is 11.0 Å². The van der Waals surface area contributed by atoms with Crippen LogP contribution in [0.1, 0.15) is 13.3 Å². The zero-order chi connectivity index (χ0) is 8.85. The molecule has 0 heterocycles. The molecular weight excluding hydrogens is 164 g/mol. The second kappa shape index (κ2) is 4.90. The van der Waals surface area contributed by atoms with Gasteiger partial charge in [0.25, 0.3) is 0 Å². The SMILES string of the molecule is CCC(NC(=O)OC)C(N)=S. The summed E-state index contributed by atoms with van der Waals surface area (Å²) in [6, 6.07) is -0.266. The molecule has 0 aliphatic heterocycles. The van der Waals surface area contributed by atoms with Gasteiger partial charge in [-0.15, -0.1) is 0 Å². The van der Waals surface area contributed by atoms with Crippen molar-refractivity contribution in [1.82, 2.24) is 5.32 Å². The molecule has 5 heteroatoms. The summed E-state index contributed by atoms with van der Waals surface area (Å²) in [4.78, 5) is 10.9. The van der Waals surface area contributed by atoms with Gasteiger partial charge in [0.1, 0.15) is 0 Å². The first-order valence-corrected chi connectivity index (χ1v) is 3.66. The normalized spacial score (nSPS) is 11.8. The van der Waals surface area contributed by atoms with Crippen LogP contribution in [-0.4, -0.2) is 24.2 Å². The molecule has 4 nitrogen and oxygen atoms in total. The molecule has 3 N–H and O–H groups in total. The average Bonchev–Trinajstić information content (AvgIpc) is 1.99. The van der Waals surface area contributed by atoms with Crippen LogP contribution in [0.2, 0.25) is 0 Å². The molecule has 0 aliphatic carbocycles. The molecule has 0 saturated heterocycles. The molecule has 1 atom stereocenters. The minimum atomic E-state index is -0.510. The van der Waals surface area contributed by atoms with Gasteiger partial charge in [0.15, 0.2) is 0 Å².